The molecule has 1 aliphatic heterocycles. The lowest BCUT2D eigenvalue weighted by Crippen LogP contribution is -2.29. The highest BCUT2D eigenvalue weighted by molar-refractivity contribution is 7.98. The van der Waals surface area contributed by atoms with E-state index in [1.807, 2.05) is 30.5 Å². The average Bonchev–Trinajstić information content (AvgIpc) is 3.28. The number of rotatable bonds is 8. The van der Waals surface area contributed by atoms with Crippen LogP contribution in [0.15, 0.2) is 52.3 Å². The van der Waals surface area contributed by atoms with Gasteiger partial charge in [-0.3, -0.25) is 4.79 Å². The molecule has 1 saturated heterocycles. The number of methoxy groups -OCH3 is 1. The Bertz CT molecular complexity index is 953. The molecule has 8 heteroatoms. The maximum absolute atomic E-state index is 12.8. The van der Waals surface area contributed by atoms with Crippen molar-refractivity contribution >= 4 is 27.7 Å². The molecule has 1 N–H and O–H groups in total. The van der Waals surface area contributed by atoms with E-state index in [1.54, 1.807) is 24.1 Å². The number of ether oxygens (including phenoxy) is 1. The second kappa shape index (κ2) is 9.65. The Balaban J connectivity index is 1.71. The van der Waals surface area contributed by atoms with Crippen LogP contribution >= 0.6 is 11.8 Å². The van der Waals surface area contributed by atoms with Crippen LogP contribution < -0.4 is 9.46 Å². The number of sulfonamides is 1. The molecule has 0 aromatic heterocycles. The number of hydrogen-bond acceptors (Lipinski definition) is 5. The highest BCUT2D eigenvalue weighted by atomic mass is 32.2. The Morgan fingerprint density at radius 1 is 1.14 bits per heavy atom. The van der Waals surface area contributed by atoms with E-state index in [2.05, 4.69) is 4.72 Å². The van der Waals surface area contributed by atoms with E-state index >= 15 is 0 Å². The lowest BCUT2D eigenvalue weighted by molar-refractivity contribution is 0.0789. The van der Waals surface area contributed by atoms with Crippen molar-refractivity contribution in [3.63, 3.8) is 0 Å². The number of nitrogens with zero attached hydrogens (tertiary/aromatic N) is 1. The minimum absolute atomic E-state index is 0.0952. The van der Waals surface area contributed by atoms with Crippen LogP contribution in [0.4, 0.5) is 0 Å². The van der Waals surface area contributed by atoms with Gasteiger partial charge < -0.3 is 9.64 Å². The first-order valence-electron chi connectivity index (χ1n) is 9.54. The average molecular weight is 435 g/mol. The quantitative estimate of drug-likeness (QED) is 0.646. The summed E-state index contributed by atoms with van der Waals surface area (Å²) in [7, 11) is -2.10. The number of carbonyl (C=O) groups excluding carboxylic acids is 1. The lowest BCUT2D eigenvalue weighted by Gasteiger charge is -2.18. The fourth-order valence-corrected chi connectivity index (χ4v) is 4.95. The van der Waals surface area contributed by atoms with Gasteiger partial charge in [-0.15, -0.1) is 11.8 Å². The van der Waals surface area contributed by atoms with E-state index in [1.165, 1.54) is 17.8 Å². The van der Waals surface area contributed by atoms with Crippen molar-refractivity contribution in [2.75, 3.05) is 33.0 Å². The Morgan fingerprint density at radius 2 is 1.83 bits per heavy atom. The molecular weight excluding hydrogens is 408 g/mol. The highest BCUT2D eigenvalue weighted by Crippen LogP contribution is 2.26. The third-order valence-corrected chi connectivity index (χ3v) is 7.22. The highest BCUT2D eigenvalue weighted by Gasteiger charge is 2.24. The van der Waals surface area contributed by atoms with Crippen LogP contribution in [0.3, 0.4) is 0 Å². The van der Waals surface area contributed by atoms with Crippen LogP contribution in [-0.2, 0) is 16.4 Å². The number of nitrogens with one attached hydrogen (secondary N) is 1. The first kappa shape index (κ1) is 21.7. The molecule has 29 heavy (non-hydrogen) atoms. The van der Waals surface area contributed by atoms with Crippen molar-refractivity contribution in [2.24, 2.45) is 0 Å². The molecule has 0 atom stereocenters. The van der Waals surface area contributed by atoms with Gasteiger partial charge in [0.2, 0.25) is 10.0 Å². The Morgan fingerprint density at radius 3 is 2.45 bits per heavy atom. The summed E-state index contributed by atoms with van der Waals surface area (Å²) in [6.45, 7) is 1.72. The summed E-state index contributed by atoms with van der Waals surface area (Å²) in [5.74, 6) is 0.667. The van der Waals surface area contributed by atoms with Crippen LogP contribution in [0.5, 0.6) is 5.75 Å². The fourth-order valence-electron chi connectivity index (χ4n) is 3.32. The Labute approximate surface area is 176 Å². The molecule has 156 valence electrons. The zero-order valence-corrected chi connectivity index (χ0v) is 18.3. The number of carbonyl (C=O) groups is 1. The van der Waals surface area contributed by atoms with Gasteiger partial charge >= 0.3 is 0 Å². The van der Waals surface area contributed by atoms with E-state index < -0.39 is 10.0 Å². The predicted octanol–water partition coefficient (Wildman–Crippen LogP) is 3.17. The van der Waals surface area contributed by atoms with Crippen LogP contribution in [0.25, 0.3) is 0 Å². The topological polar surface area (TPSA) is 75.7 Å². The monoisotopic (exact) mass is 434 g/mol. The molecule has 0 bridgehead atoms. The second-order valence-corrected chi connectivity index (χ2v) is 9.47. The molecule has 0 aliphatic carbocycles. The van der Waals surface area contributed by atoms with Gasteiger partial charge in [0.05, 0.1) is 17.6 Å². The van der Waals surface area contributed by atoms with Crippen molar-refractivity contribution in [3.8, 4) is 5.75 Å². The molecule has 0 radical (unpaired) electrons. The lowest BCUT2D eigenvalue weighted by atomic mass is 10.1. The van der Waals surface area contributed by atoms with Gasteiger partial charge in [-0.25, -0.2) is 13.1 Å². The smallest absolute Gasteiger partial charge is 0.255 e. The van der Waals surface area contributed by atoms with Crippen LogP contribution in [0, 0.1) is 0 Å². The van der Waals surface area contributed by atoms with Crippen molar-refractivity contribution in [2.45, 2.75) is 29.1 Å². The minimum atomic E-state index is -3.70. The third-order valence-electron chi connectivity index (χ3n) is 4.97. The van der Waals surface area contributed by atoms with Gasteiger partial charge in [0.15, 0.2) is 0 Å². The fraction of sp³-hybridized carbons (Fsp3) is 0.381. The zero-order chi connectivity index (χ0) is 20.9. The molecule has 0 spiro atoms. The van der Waals surface area contributed by atoms with Crippen LogP contribution in [-0.4, -0.2) is 52.2 Å². The largest absolute Gasteiger partial charge is 0.497 e. The first-order valence-corrected chi connectivity index (χ1v) is 12.3. The third kappa shape index (κ3) is 5.32. The molecule has 0 saturated carbocycles. The zero-order valence-electron chi connectivity index (χ0n) is 16.7. The number of benzene rings is 2. The molecule has 1 fully saturated rings. The van der Waals surface area contributed by atoms with Crippen molar-refractivity contribution in [1.29, 1.82) is 0 Å². The van der Waals surface area contributed by atoms with Gasteiger partial charge in [-0.1, -0.05) is 12.1 Å². The van der Waals surface area contributed by atoms with E-state index in [0.29, 0.717) is 12.0 Å². The molecule has 6 nitrogen and oxygen atoms in total. The maximum atomic E-state index is 12.8. The number of amides is 1. The van der Waals surface area contributed by atoms with Crippen molar-refractivity contribution in [3.05, 3.63) is 53.6 Å². The Hall–Kier alpha value is -2.03. The van der Waals surface area contributed by atoms with Crippen LogP contribution in [0.2, 0.25) is 0 Å². The summed E-state index contributed by atoms with van der Waals surface area (Å²) in [5.41, 5.74) is 1.47. The summed E-state index contributed by atoms with van der Waals surface area (Å²) in [5, 5.41) is 0. The van der Waals surface area contributed by atoms with Gasteiger partial charge in [0.1, 0.15) is 5.75 Å². The van der Waals surface area contributed by atoms with Gasteiger partial charge in [0.25, 0.3) is 5.91 Å². The molecule has 2 aromatic carbocycles. The van der Waals surface area contributed by atoms with E-state index in [0.717, 1.165) is 42.1 Å². The van der Waals surface area contributed by atoms with Crippen molar-refractivity contribution in [1.82, 2.24) is 9.62 Å². The Kier molecular flexibility index (Phi) is 7.21. The van der Waals surface area contributed by atoms with Crippen LogP contribution in [0.1, 0.15) is 28.8 Å². The standard InChI is InChI=1S/C21H26N2O4S2/c1-27-17-7-5-16(6-8-17)11-12-22-29(25,26)18-9-10-20(28-2)19(15-18)21(24)23-13-3-4-14-23/h5-10,15,22H,3-4,11-14H2,1-2H3. The van der Waals surface area contributed by atoms with E-state index in [4.69, 9.17) is 4.74 Å². The molecule has 1 amide bonds. The summed E-state index contributed by atoms with van der Waals surface area (Å²) in [4.78, 5) is 15.5. The summed E-state index contributed by atoms with van der Waals surface area (Å²) in [6.07, 6.45) is 4.43. The van der Waals surface area contributed by atoms with Gasteiger partial charge in [-0.2, -0.15) is 0 Å². The second-order valence-electron chi connectivity index (χ2n) is 6.86. The number of thioether (sulfide) groups is 1. The molecule has 2 aromatic rings. The predicted molar refractivity (Wildman–Crippen MR) is 115 cm³/mol. The van der Waals surface area contributed by atoms with Gasteiger partial charge in [0, 0.05) is 24.5 Å². The summed E-state index contributed by atoms with van der Waals surface area (Å²) in [6, 6.07) is 12.3. The first-order chi connectivity index (χ1) is 13.9. The summed E-state index contributed by atoms with van der Waals surface area (Å²) < 4.78 is 33.3. The molecular formula is C21H26N2O4S2. The van der Waals surface area contributed by atoms with E-state index in [-0.39, 0.29) is 17.3 Å². The molecule has 1 aliphatic rings. The molecule has 1 heterocycles. The molecule has 0 unspecified atom stereocenters. The number of likely N-dealkylation sites (tertiary alicyclic amines) is 1. The number of hydrogen-bond donors (Lipinski definition) is 1. The summed E-state index contributed by atoms with van der Waals surface area (Å²) >= 11 is 1.45. The van der Waals surface area contributed by atoms with Crippen molar-refractivity contribution < 1.29 is 17.9 Å². The van der Waals surface area contributed by atoms with Gasteiger partial charge in [-0.05, 0) is 61.4 Å². The minimum Gasteiger partial charge on any atom is -0.497 e. The SMILES string of the molecule is COc1ccc(CCNS(=O)(=O)c2ccc(SC)c(C(=O)N3CCCC3)c2)cc1. The molecule has 3 rings (SSSR count). The maximum Gasteiger partial charge on any atom is 0.255 e. The van der Waals surface area contributed by atoms with E-state index in [9.17, 15) is 13.2 Å². The normalized spacial score (nSPS) is 14.2.